The van der Waals surface area contributed by atoms with Gasteiger partial charge >= 0.3 is 0 Å². The van der Waals surface area contributed by atoms with Gasteiger partial charge in [-0.25, -0.2) is 15.0 Å². The van der Waals surface area contributed by atoms with Gasteiger partial charge in [0.15, 0.2) is 17.5 Å². The Morgan fingerprint density at radius 3 is 1.70 bits per heavy atom. The third-order valence-electron chi connectivity index (χ3n) is 10.9. The van der Waals surface area contributed by atoms with Gasteiger partial charge in [-0.05, 0) is 35.9 Å². The molecule has 5 nitrogen and oxygen atoms in total. The minimum atomic E-state index is 0.592. The van der Waals surface area contributed by atoms with E-state index in [2.05, 4.69) is 91.0 Å². The van der Waals surface area contributed by atoms with Crippen molar-refractivity contribution in [3.05, 3.63) is 176 Å². The van der Waals surface area contributed by atoms with E-state index in [4.69, 9.17) is 23.8 Å². The number of thiophene rings is 1. The van der Waals surface area contributed by atoms with Crippen LogP contribution in [-0.2, 0) is 0 Å². The topological polar surface area (TPSA) is 65.0 Å². The Labute approximate surface area is 330 Å². The number of fused-ring (bicyclic) bond motifs is 9. The Morgan fingerprint density at radius 1 is 0.351 bits per heavy atom. The molecule has 0 saturated carbocycles. The lowest BCUT2D eigenvalue weighted by molar-refractivity contribution is 0.670. The maximum absolute atomic E-state index is 6.92. The predicted octanol–water partition coefficient (Wildman–Crippen LogP) is 14.4. The lowest BCUT2D eigenvalue weighted by Crippen LogP contribution is -2.00. The predicted molar refractivity (Wildman–Crippen MR) is 234 cm³/mol. The van der Waals surface area contributed by atoms with E-state index >= 15 is 0 Å². The van der Waals surface area contributed by atoms with E-state index in [0.29, 0.717) is 17.5 Å². The van der Waals surface area contributed by atoms with Gasteiger partial charge in [0.1, 0.15) is 22.3 Å². The molecule has 12 aromatic rings. The van der Waals surface area contributed by atoms with Gasteiger partial charge in [-0.3, -0.25) is 0 Å². The standard InChI is InChI=1S/C51H29N3O2S/c1-3-14-30(15-4-1)49-52-50(31-16-5-2-6-17-31)54-51(53-49)39-24-13-26-43-45(39)38-23-12-22-37(47(38)56-43)41-29-32(28-40-35-19-8-10-27-44(35)57-48(40)41)33-20-11-21-36-34-18-7-9-25-42(34)55-46(33)36/h1-29H. The maximum Gasteiger partial charge on any atom is 0.164 e. The molecule has 0 atom stereocenters. The van der Waals surface area contributed by atoms with Crippen LogP contribution in [0.3, 0.4) is 0 Å². The van der Waals surface area contributed by atoms with E-state index in [0.717, 1.165) is 82.8 Å². The van der Waals surface area contributed by atoms with Crippen LogP contribution in [0.5, 0.6) is 0 Å². The first-order chi connectivity index (χ1) is 28.2. The SMILES string of the molecule is c1ccc(-c2nc(-c3ccccc3)nc(-c3cccc4oc5c(-c6cc(-c7cccc8c7oc7ccccc78)cc7c6sc6ccccc67)cccc5c34)n2)cc1. The molecule has 0 N–H and O–H groups in total. The highest BCUT2D eigenvalue weighted by molar-refractivity contribution is 7.26. The zero-order chi connectivity index (χ0) is 37.5. The molecule has 0 radical (unpaired) electrons. The average Bonchev–Trinajstić information content (AvgIpc) is 3.98. The van der Waals surface area contributed by atoms with Gasteiger partial charge in [-0.15, -0.1) is 11.3 Å². The number of benzene rings is 8. The number of nitrogens with zero attached hydrogens (tertiary/aromatic N) is 3. The molecule has 0 saturated heterocycles. The van der Waals surface area contributed by atoms with Gasteiger partial charge in [-0.2, -0.15) is 0 Å². The third kappa shape index (κ3) is 5.04. The van der Waals surface area contributed by atoms with E-state index in [1.165, 1.54) is 20.2 Å². The van der Waals surface area contributed by atoms with E-state index in [1.54, 1.807) is 0 Å². The Morgan fingerprint density at radius 2 is 0.912 bits per heavy atom. The van der Waals surface area contributed by atoms with Crippen LogP contribution >= 0.6 is 11.3 Å². The normalized spacial score (nSPS) is 11.9. The van der Waals surface area contributed by atoms with Gasteiger partial charge in [-0.1, -0.05) is 146 Å². The second-order valence-corrected chi connectivity index (χ2v) is 15.3. The number of aromatic nitrogens is 3. The molecule has 6 heteroatoms. The highest BCUT2D eigenvalue weighted by Crippen LogP contribution is 2.47. The quantitative estimate of drug-likeness (QED) is 0.175. The van der Waals surface area contributed by atoms with Crippen LogP contribution < -0.4 is 0 Å². The van der Waals surface area contributed by atoms with E-state index < -0.39 is 0 Å². The molecule has 12 rings (SSSR count). The van der Waals surface area contributed by atoms with Crippen LogP contribution in [0.4, 0.5) is 0 Å². The monoisotopic (exact) mass is 747 g/mol. The fourth-order valence-electron chi connectivity index (χ4n) is 8.33. The minimum absolute atomic E-state index is 0.592. The molecule has 0 unspecified atom stereocenters. The Balaban J connectivity index is 1.11. The van der Waals surface area contributed by atoms with Crippen LogP contribution in [0.15, 0.2) is 185 Å². The molecule has 4 heterocycles. The Kier molecular flexibility index (Phi) is 7.03. The summed E-state index contributed by atoms with van der Waals surface area (Å²) < 4.78 is 15.9. The van der Waals surface area contributed by atoms with Gasteiger partial charge in [0.25, 0.3) is 0 Å². The molecule has 0 aliphatic carbocycles. The summed E-state index contributed by atoms with van der Waals surface area (Å²) in [4.78, 5) is 15.1. The molecule has 266 valence electrons. The second-order valence-electron chi connectivity index (χ2n) is 14.3. The number of furan rings is 2. The summed E-state index contributed by atoms with van der Waals surface area (Å²) in [5.41, 5.74) is 10.4. The number of para-hydroxylation sites is 3. The third-order valence-corrected chi connectivity index (χ3v) is 12.2. The summed E-state index contributed by atoms with van der Waals surface area (Å²) in [6, 6.07) is 60.8. The van der Waals surface area contributed by atoms with Crippen molar-refractivity contribution in [2.24, 2.45) is 0 Å². The largest absolute Gasteiger partial charge is 0.455 e. The Hall–Kier alpha value is -7.41. The molecule has 0 fully saturated rings. The van der Waals surface area contributed by atoms with E-state index in [9.17, 15) is 0 Å². The minimum Gasteiger partial charge on any atom is -0.455 e. The zero-order valence-corrected chi connectivity index (χ0v) is 31.1. The average molecular weight is 748 g/mol. The van der Waals surface area contributed by atoms with Crippen molar-refractivity contribution in [1.82, 2.24) is 15.0 Å². The molecule has 0 spiro atoms. The van der Waals surface area contributed by atoms with Gasteiger partial charge in [0.05, 0.1) is 0 Å². The van der Waals surface area contributed by atoms with Gasteiger partial charge in [0.2, 0.25) is 0 Å². The van der Waals surface area contributed by atoms with Crippen molar-refractivity contribution < 1.29 is 8.83 Å². The van der Waals surface area contributed by atoms with E-state index in [1.807, 2.05) is 96.3 Å². The van der Waals surface area contributed by atoms with Crippen molar-refractivity contribution in [3.63, 3.8) is 0 Å². The zero-order valence-electron chi connectivity index (χ0n) is 30.3. The second kappa shape index (κ2) is 12.6. The lowest BCUT2D eigenvalue weighted by Gasteiger charge is -2.10. The highest BCUT2D eigenvalue weighted by Gasteiger charge is 2.22. The number of rotatable bonds is 5. The molecule has 0 aliphatic heterocycles. The van der Waals surface area contributed by atoms with Crippen molar-refractivity contribution >= 4 is 75.4 Å². The van der Waals surface area contributed by atoms with Gasteiger partial charge < -0.3 is 8.83 Å². The highest BCUT2D eigenvalue weighted by atomic mass is 32.1. The Bertz CT molecular complexity index is 3470. The first-order valence-corrected chi connectivity index (χ1v) is 19.7. The van der Waals surface area contributed by atoms with Crippen molar-refractivity contribution in [3.8, 4) is 56.4 Å². The number of hydrogen-bond donors (Lipinski definition) is 0. The smallest absolute Gasteiger partial charge is 0.164 e. The molecule has 0 aliphatic rings. The lowest BCUT2D eigenvalue weighted by atomic mass is 9.94. The van der Waals surface area contributed by atoms with Crippen LogP contribution in [0, 0.1) is 0 Å². The molecular weight excluding hydrogens is 719 g/mol. The summed E-state index contributed by atoms with van der Waals surface area (Å²) in [5, 5.41) is 6.63. The molecular formula is C51H29N3O2S. The van der Waals surface area contributed by atoms with Crippen LogP contribution in [0.2, 0.25) is 0 Å². The number of hydrogen-bond acceptors (Lipinski definition) is 6. The first kappa shape index (κ1) is 31.9. The van der Waals surface area contributed by atoms with Crippen molar-refractivity contribution in [1.29, 1.82) is 0 Å². The van der Waals surface area contributed by atoms with Crippen molar-refractivity contribution in [2.75, 3.05) is 0 Å². The van der Waals surface area contributed by atoms with Crippen LogP contribution in [0.25, 0.3) is 120 Å². The summed E-state index contributed by atoms with van der Waals surface area (Å²) in [6.45, 7) is 0. The van der Waals surface area contributed by atoms with Crippen molar-refractivity contribution in [2.45, 2.75) is 0 Å². The summed E-state index contributed by atoms with van der Waals surface area (Å²) in [6.07, 6.45) is 0. The maximum atomic E-state index is 6.92. The van der Waals surface area contributed by atoms with Crippen LogP contribution in [-0.4, -0.2) is 15.0 Å². The first-order valence-electron chi connectivity index (χ1n) is 18.9. The fourth-order valence-corrected chi connectivity index (χ4v) is 9.54. The van der Waals surface area contributed by atoms with E-state index in [-0.39, 0.29) is 0 Å². The molecule has 0 amide bonds. The van der Waals surface area contributed by atoms with Gasteiger partial charge in [0, 0.05) is 75.1 Å². The summed E-state index contributed by atoms with van der Waals surface area (Å²) in [5.74, 6) is 1.83. The molecule has 4 aromatic heterocycles. The summed E-state index contributed by atoms with van der Waals surface area (Å²) >= 11 is 1.82. The molecule has 8 aromatic carbocycles. The van der Waals surface area contributed by atoms with Crippen LogP contribution in [0.1, 0.15) is 0 Å². The molecule has 0 bridgehead atoms. The fraction of sp³-hybridized carbons (Fsp3) is 0. The summed E-state index contributed by atoms with van der Waals surface area (Å²) in [7, 11) is 0. The molecule has 57 heavy (non-hydrogen) atoms.